The summed E-state index contributed by atoms with van der Waals surface area (Å²) >= 11 is 0. The minimum atomic E-state index is -0.381. The molecule has 0 spiro atoms. The molecule has 0 aliphatic carbocycles. The summed E-state index contributed by atoms with van der Waals surface area (Å²) in [6.07, 6.45) is 1.77. The number of nitrogens with one attached hydrogen (secondary N) is 1. The topological polar surface area (TPSA) is 36.0 Å². The van der Waals surface area contributed by atoms with Crippen LogP contribution in [0.4, 0.5) is 0 Å². The lowest BCUT2D eigenvalue weighted by Gasteiger charge is -2.18. The van der Waals surface area contributed by atoms with E-state index in [4.69, 9.17) is 0 Å². The van der Waals surface area contributed by atoms with Gasteiger partial charge in [0.25, 0.3) is 0 Å². The molecule has 2 atom stereocenters. The third kappa shape index (κ3) is 2.20. The van der Waals surface area contributed by atoms with Gasteiger partial charge in [0.15, 0.2) is 0 Å². The summed E-state index contributed by atoms with van der Waals surface area (Å²) < 4.78 is 0. The van der Waals surface area contributed by atoms with Crippen molar-refractivity contribution in [2.45, 2.75) is 32.8 Å². The number of aliphatic hydroxyl groups excluding tert-OH is 1. The number of rotatable bonds is 4. The van der Waals surface area contributed by atoms with E-state index in [1.54, 1.807) is 0 Å². The second-order valence-corrected chi connectivity index (χ2v) is 5.69. The zero-order valence-corrected chi connectivity index (χ0v) is 12.1. The number of para-hydroxylation sites is 1. The van der Waals surface area contributed by atoms with Gasteiger partial charge in [0.1, 0.15) is 0 Å². The molecule has 3 rings (SSSR count). The first-order valence-corrected chi connectivity index (χ1v) is 7.39. The van der Waals surface area contributed by atoms with E-state index in [2.05, 4.69) is 49.2 Å². The van der Waals surface area contributed by atoms with E-state index in [1.165, 1.54) is 10.8 Å². The Morgan fingerprint density at radius 3 is 2.60 bits per heavy atom. The van der Waals surface area contributed by atoms with Gasteiger partial charge in [0.2, 0.25) is 0 Å². The SMILES string of the molecule is CCCC(C)C(O)c1ccc2[nH]c3ccccc3c2c1. The zero-order valence-electron chi connectivity index (χ0n) is 12.1. The van der Waals surface area contributed by atoms with E-state index >= 15 is 0 Å². The Balaban J connectivity index is 2.07. The van der Waals surface area contributed by atoms with Gasteiger partial charge in [0.05, 0.1) is 6.10 Å². The minimum Gasteiger partial charge on any atom is -0.388 e. The molecule has 0 aliphatic rings. The van der Waals surface area contributed by atoms with Crippen LogP contribution < -0.4 is 0 Å². The maximum absolute atomic E-state index is 10.5. The van der Waals surface area contributed by atoms with Gasteiger partial charge in [-0.25, -0.2) is 0 Å². The molecule has 0 fully saturated rings. The number of hydrogen-bond donors (Lipinski definition) is 2. The van der Waals surface area contributed by atoms with Crippen molar-refractivity contribution in [3.63, 3.8) is 0 Å². The largest absolute Gasteiger partial charge is 0.388 e. The Hall–Kier alpha value is -1.80. The van der Waals surface area contributed by atoms with Crippen molar-refractivity contribution in [1.29, 1.82) is 0 Å². The highest BCUT2D eigenvalue weighted by Crippen LogP contribution is 2.31. The van der Waals surface area contributed by atoms with Crippen molar-refractivity contribution in [3.8, 4) is 0 Å². The van der Waals surface area contributed by atoms with Crippen LogP contribution in [0, 0.1) is 5.92 Å². The highest BCUT2D eigenvalue weighted by Gasteiger charge is 2.16. The summed E-state index contributed by atoms with van der Waals surface area (Å²) in [6.45, 7) is 4.28. The fraction of sp³-hybridized carbons (Fsp3) is 0.333. The molecule has 2 heteroatoms. The van der Waals surface area contributed by atoms with Crippen molar-refractivity contribution in [3.05, 3.63) is 48.0 Å². The molecule has 0 saturated heterocycles. The molecule has 1 heterocycles. The summed E-state index contributed by atoms with van der Waals surface area (Å²) in [4.78, 5) is 3.42. The molecular formula is C18H21NO. The van der Waals surface area contributed by atoms with E-state index in [0.29, 0.717) is 5.92 Å². The maximum atomic E-state index is 10.5. The van der Waals surface area contributed by atoms with Crippen LogP contribution in [0.15, 0.2) is 42.5 Å². The monoisotopic (exact) mass is 267 g/mol. The number of hydrogen-bond acceptors (Lipinski definition) is 1. The van der Waals surface area contributed by atoms with E-state index in [9.17, 15) is 5.11 Å². The highest BCUT2D eigenvalue weighted by molar-refractivity contribution is 6.07. The fourth-order valence-electron chi connectivity index (χ4n) is 2.99. The molecular weight excluding hydrogens is 246 g/mol. The Bertz CT molecular complexity index is 728. The smallest absolute Gasteiger partial charge is 0.0815 e. The Morgan fingerprint density at radius 2 is 1.80 bits per heavy atom. The standard InChI is InChI=1S/C18H21NO/c1-3-6-12(2)18(20)13-9-10-17-15(11-13)14-7-4-5-8-16(14)19-17/h4-5,7-12,18-20H,3,6H2,1-2H3. The van der Waals surface area contributed by atoms with Gasteiger partial charge >= 0.3 is 0 Å². The van der Waals surface area contributed by atoms with E-state index in [0.717, 1.165) is 29.4 Å². The zero-order chi connectivity index (χ0) is 14.1. The molecule has 2 aromatic carbocycles. The lowest BCUT2D eigenvalue weighted by Crippen LogP contribution is -2.08. The lowest BCUT2D eigenvalue weighted by atomic mass is 9.93. The third-order valence-corrected chi connectivity index (χ3v) is 4.15. The van der Waals surface area contributed by atoms with Crippen LogP contribution in [0.3, 0.4) is 0 Å². The molecule has 1 aromatic heterocycles. The van der Waals surface area contributed by atoms with Crippen LogP contribution >= 0.6 is 0 Å². The van der Waals surface area contributed by atoms with Gasteiger partial charge in [-0.2, -0.15) is 0 Å². The average Bonchev–Trinajstić information content (AvgIpc) is 2.84. The van der Waals surface area contributed by atoms with Crippen LogP contribution in [0.2, 0.25) is 0 Å². The van der Waals surface area contributed by atoms with Gasteiger partial charge in [-0.3, -0.25) is 0 Å². The normalized spacial score (nSPS) is 14.8. The van der Waals surface area contributed by atoms with Gasteiger partial charge in [-0.05, 0) is 36.1 Å². The summed E-state index contributed by atoms with van der Waals surface area (Å²) in [5, 5.41) is 12.9. The molecule has 0 saturated carbocycles. The molecule has 104 valence electrons. The van der Waals surface area contributed by atoms with Crippen LogP contribution in [0.1, 0.15) is 38.4 Å². The first kappa shape index (κ1) is 13.2. The van der Waals surface area contributed by atoms with Crippen LogP contribution in [0.25, 0.3) is 21.8 Å². The summed E-state index contributed by atoms with van der Waals surface area (Å²) in [7, 11) is 0. The number of aromatic nitrogens is 1. The predicted octanol–water partition coefficient (Wildman–Crippen LogP) is 4.79. The van der Waals surface area contributed by atoms with Gasteiger partial charge in [0, 0.05) is 21.8 Å². The van der Waals surface area contributed by atoms with Crippen molar-refractivity contribution in [2.75, 3.05) is 0 Å². The van der Waals surface area contributed by atoms with E-state index < -0.39 is 0 Å². The second-order valence-electron chi connectivity index (χ2n) is 5.69. The average molecular weight is 267 g/mol. The molecule has 0 aliphatic heterocycles. The van der Waals surface area contributed by atoms with Crippen molar-refractivity contribution in [1.82, 2.24) is 4.98 Å². The Labute approximate surface area is 119 Å². The molecule has 0 bridgehead atoms. The van der Waals surface area contributed by atoms with E-state index in [-0.39, 0.29) is 6.10 Å². The van der Waals surface area contributed by atoms with Gasteiger partial charge in [-0.15, -0.1) is 0 Å². The number of H-pyrrole nitrogens is 1. The summed E-state index contributed by atoms with van der Waals surface area (Å²) in [5.74, 6) is 0.294. The highest BCUT2D eigenvalue weighted by atomic mass is 16.3. The fourth-order valence-corrected chi connectivity index (χ4v) is 2.99. The number of fused-ring (bicyclic) bond motifs is 3. The van der Waals surface area contributed by atoms with Gasteiger partial charge < -0.3 is 10.1 Å². The first-order valence-electron chi connectivity index (χ1n) is 7.39. The third-order valence-electron chi connectivity index (χ3n) is 4.15. The van der Waals surface area contributed by atoms with Gasteiger partial charge in [-0.1, -0.05) is 44.5 Å². The second kappa shape index (κ2) is 5.29. The lowest BCUT2D eigenvalue weighted by molar-refractivity contribution is 0.112. The van der Waals surface area contributed by atoms with Crippen LogP contribution in [0.5, 0.6) is 0 Å². The molecule has 2 N–H and O–H groups in total. The minimum absolute atomic E-state index is 0.294. The number of aliphatic hydroxyl groups is 1. The molecule has 2 unspecified atom stereocenters. The number of aromatic amines is 1. The number of benzene rings is 2. The Kier molecular flexibility index (Phi) is 3.49. The predicted molar refractivity (Wildman–Crippen MR) is 84.8 cm³/mol. The molecule has 0 amide bonds. The molecule has 3 aromatic rings. The van der Waals surface area contributed by atoms with Crippen LogP contribution in [-0.2, 0) is 0 Å². The van der Waals surface area contributed by atoms with Crippen molar-refractivity contribution >= 4 is 21.8 Å². The molecule has 20 heavy (non-hydrogen) atoms. The maximum Gasteiger partial charge on any atom is 0.0815 e. The van der Waals surface area contributed by atoms with Crippen LogP contribution in [-0.4, -0.2) is 10.1 Å². The molecule has 2 nitrogen and oxygen atoms in total. The van der Waals surface area contributed by atoms with Crippen molar-refractivity contribution in [2.24, 2.45) is 5.92 Å². The van der Waals surface area contributed by atoms with E-state index in [1.807, 2.05) is 12.1 Å². The summed E-state index contributed by atoms with van der Waals surface area (Å²) in [5.41, 5.74) is 3.30. The first-order chi connectivity index (χ1) is 9.70. The summed E-state index contributed by atoms with van der Waals surface area (Å²) in [6, 6.07) is 14.5. The Morgan fingerprint density at radius 1 is 1.05 bits per heavy atom. The molecule has 0 radical (unpaired) electrons. The van der Waals surface area contributed by atoms with Crippen molar-refractivity contribution < 1.29 is 5.11 Å². The quantitative estimate of drug-likeness (QED) is 0.700.